The van der Waals surface area contributed by atoms with E-state index in [2.05, 4.69) is 17.6 Å². The number of imidazole rings is 1. The van der Waals surface area contributed by atoms with Crippen molar-refractivity contribution in [1.29, 1.82) is 0 Å². The first-order valence-corrected chi connectivity index (χ1v) is 4.08. The van der Waals surface area contributed by atoms with Crippen LogP contribution in [0.3, 0.4) is 0 Å². The molecule has 0 fully saturated rings. The molecule has 1 aromatic heterocycles. The van der Waals surface area contributed by atoms with Crippen LogP contribution in [0.2, 0.25) is 0 Å². The summed E-state index contributed by atoms with van der Waals surface area (Å²) in [6.45, 7) is 0. The summed E-state index contributed by atoms with van der Waals surface area (Å²) >= 11 is 3.60. The second-order valence-electron chi connectivity index (χ2n) is 2.57. The minimum absolute atomic E-state index is 0.457. The lowest BCUT2D eigenvalue weighted by Gasteiger charge is -1.93. The number of hydrogen-bond acceptors (Lipinski definition) is 2. The summed E-state index contributed by atoms with van der Waals surface area (Å²) in [6, 6.07) is 6.94. The van der Waals surface area contributed by atoms with Crippen LogP contribution < -0.4 is 5.69 Å². The molecule has 2 aromatic rings. The molecule has 4 nitrogen and oxygen atoms in total. The Kier molecular flexibility index (Phi) is 1.73. The Hall–Kier alpha value is -1.49. The number of nitrogens with one attached hydrogen (secondary N) is 1. The van der Waals surface area contributed by atoms with Gasteiger partial charge in [0.2, 0.25) is 0 Å². The van der Waals surface area contributed by atoms with Crippen LogP contribution >= 0.6 is 12.6 Å². The van der Waals surface area contributed by atoms with Gasteiger partial charge in [0.25, 0.3) is 5.24 Å². The zero-order chi connectivity index (χ0) is 9.42. The first-order valence-electron chi connectivity index (χ1n) is 3.63. The number of nitrogens with zero attached hydrogens (tertiary/aromatic N) is 1. The SMILES string of the molecule is O=C(S)n1c(=O)[nH]c2ccccc21. The van der Waals surface area contributed by atoms with E-state index in [1.54, 1.807) is 24.3 Å². The van der Waals surface area contributed by atoms with E-state index in [1.165, 1.54) is 0 Å². The Morgan fingerprint density at radius 3 is 2.77 bits per heavy atom. The van der Waals surface area contributed by atoms with Crippen molar-refractivity contribution in [3.63, 3.8) is 0 Å². The number of H-pyrrole nitrogens is 1. The Balaban J connectivity index is 2.95. The number of fused-ring (bicyclic) bond motifs is 1. The van der Waals surface area contributed by atoms with Crippen molar-refractivity contribution in [3.8, 4) is 0 Å². The highest BCUT2D eigenvalue weighted by atomic mass is 32.1. The second-order valence-corrected chi connectivity index (χ2v) is 2.95. The first-order chi connectivity index (χ1) is 6.20. The van der Waals surface area contributed by atoms with E-state index in [9.17, 15) is 9.59 Å². The van der Waals surface area contributed by atoms with Gasteiger partial charge in [-0.15, -0.1) is 0 Å². The van der Waals surface area contributed by atoms with Crippen LogP contribution in [-0.4, -0.2) is 14.8 Å². The lowest BCUT2D eigenvalue weighted by molar-refractivity contribution is 0.262. The molecule has 0 saturated heterocycles. The van der Waals surface area contributed by atoms with Crippen LogP contribution in [0.5, 0.6) is 0 Å². The van der Waals surface area contributed by atoms with Crippen LogP contribution in [0.15, 0.2) is 29.1 Å². The Morgan fingerprint density at radius 1 is 1.38 bits per heavy atom. The van der Waals surface area contributed by atoms with Crippen molar-refractivity contribution in [1.82, 2.24) is 9.55 Å². The van der Waals surface area contributed by atoms with Gasteiger partial charge in [0.15, 0.2) is 0 Å². The van der Waals surface area contributed by atoms with Gasteiger partial charge in [-0.25, -0.2) is 9.36 Å². The molecule has 0 atom stereocenters. The highest BCUT2D eigenvalue weighted by Gasteiger charge is 2.08. The third-order valence-corrected chi connectivity index (χ3v) is 1.98. The average molecular weight is 194 g/mol. The summed E-state index contributed by atoms with van der Waals surface area (Å²) in [5.74, 6) is 0. The van der Waals surface area contributed by atoms with E-state index < -0.39 is 10.9 Å². The molecule has 0 bridgehead atoms. The molecule has 1 aromatic carbocycles. The quantitative estimate of drug-likeness (QED) is 0.620. The Bertz CT molecular complexity index is 526. The van der Waals surface area contributed by atoms with Crippen LogP contribution in [0.25, 0.3) is 11.0 Å². The predicted octanol–water partition coefficient (Wildman–Crippen LogP) is 1.23. The van der Waals surface area contributed by atoms with Crippen LogP contribution in [0.1, 0.15) is 0 Å². The number of hydrogen-bond donors (Lipinski definition) is 2. The Morgan fingerprint density at radius 2 is 2.08 bits per heavy atom. The molecule has 0 radical (unpaired) electrons. The number of para-hydroxylation sites is 2. The molecule has 0 spiro atoms. The third kappa shape index (κ3) is 1.17. The summed E-state index contributed by atoms with van der Waals surface area (Å²) in [4.78, 5) is 24.7. The van der Waals surface area contributed by atoms with E-state index in [0.717, 1.165) is 4.57 Å². The molecule has 66 valence electrons. The number of benzene rings is 1. The van der Waals surface area contributed by atoms with Crippen molar-refractivity contribution in [2.75, 3.05) is 0 Å². The van der Waals surface area contributed by atoms with Crippen molar-refractivity contribution in [3.05, 3.63) is 34.7 Å². The molecule has 0 unspecified atom stereocenters. The fraction of sp³-hybridized carbons (Fsp3) is 0. The summed E-state index contributed by atoms with van der Waals surface area (Å²) < 4.78 is 0.985. The van der Waals surface area contributed by atoms with Gasteiger partial charge in [0, 0.05) is 0 Å². The van der Waals surface area contributed by atoms with Crippen LogP contribution in [0, 0.1) is 0 Å². The average Bonchev–Trinajstić information content (AvgIpc) is 2.39. The summed E-state index contributed by atoms with van der Waals surface area (Å²) in [6.07, 6.45) is 0. The van der Waals surface area contributed by atoms with E-state index >= 15 is 0 Å². The van der Waals surface area contributed by atoms with Gasteiger partial charge in [-0.3, -0.25) is 4.79 Å². The molecular formula is C8H6N2O2S. The van der Waals surface area contributed by atoms with E-state index in [1.807, 2.05) is 0 Å². The molecule has 2 rings (SSSR count). The van der Waals surface area contributed by atoms with Crippen molar-refractivity contribution < 1.29 is 4.79 Å². The molecule has 0 aliphatic rings. The van der Waals surface area contributed by atoms with E-state index in [4.69, 9.17) is 0 Å². The summed E-state index contributed by atoms with van der Waals surface area (Å²) in [5.41, 5.74) is 0.726. The topological polar surface area (TPSA) is 54.9 Å². The highest BCUT2D eigenvalue weighted by Crippen LogP contribution is 2.09. The van der Waals surface area contributed by atoms with Crippen molar-refractivity contribution >= 4 is 28.9 Å². The first kappa shape index (κ1) is 8.12. The van der Waals surface area contributed by atoms with E-state index in [0.29, 0.717) is 11.0 Å². The van der Waals surface area contributed by atoms with Crippen molar-refractivity contribution in [2.45, 2.75) is 0 Å². The number of carbonyl (C=O) groups is 1. The molecule has 0 aliphatic heterocycles. The van der Waals surface area contributed by atoms with Crippen molar-refractivity contribution in [2.24, 2.45) is 0 Å². The maximum Gasteiger partial charge on any atom is 0.334 e. The number of aromatic nitrogens is 2. The number of carbonyl (C=O) groups excluding carboxylic acids is 1. The standard InChI is InChI=1S/C8H6N2O2S/c11-7-9-5-3-1-2-4-6(5)10(7)8(12)13/h1-4H,(H,9,11)(H,12,13). The van der Waals surface area contributed by atoms with Gasteiger partial charge < -0.3 is 4.98 Å². The molecule has 1 N–H and O–H groups in total. The lowest BCUT2D eigenvalue weighted by atomic mass is 10.3. The lowest BCUT2D eigenvalue weighted by Crippen LogP contribution is -2.19. The van der Waals surface area contributed by atoms with Gasteiger partial charge in [-0.05, 0) is 12.1 Å². The third-order valence-electron chi connectivity index (χ3n) is 1.78. The predicted molar refractivity (Wildman–Crippen MR) is 52.3 cm³/mol. The summed E-state index contributed by atoms with van der Waals surface area (Å²) in [5, 5.41) is -0.581. The molecule has 5 heteroatoms. The maximum absolute atomic E-state index is 11.2. The van der Waals surface area contributed by atoms with Crippen LogP contribution in [-0.2, 0) is 0 Å². The molecular weight excluding hydrogens is 188 g/mol. The molecule has 0 aliphatic carbocycles. The van der Waals surface area contributed by atoms with Gasteiger partial charge >= 0.3 is 5.69 Å². The number of aromatic amines is 1. The minimum Gasteiger partial charge on any atom is -0.305 e. The Labute approximate surface area is 78.6 Å². The molecule has 0 amide bonds. The fourth-order valence-corrected chi connectivity index (χ4v) is 1.44. The van der Waals surface area contributed by atoms with Crippen LogP contribution in [0.4, 0.5) is 4.79 Å². The summed E-state index contributed by atoms with van der Waals surface area (Å²) in [7, 11) is 0. The normalized spacial score (nSPS) is 10.5. The van der Waals surface area contributed by atoms with Gasteiger partial charge in [0.1, 0.15) is 0 Å². The monoisotopic (exact) mass is 194 g/mol. The number of thiol groups is 1. The second kappa shape index (κ2) is 2.77. The molecule has 0 saturated carbocycles. The minimum atomic E-state index is -0.581. The van der Waals surface area contributed by atoms with Gasteiger partial charge in [-0.2, -0.15) is 0 Å². The van der Waals surface area contributed by atoms with E-state index in [-0.39, 0.29) is 0 Å². The van der Waals surface area contributed by atoms with Gasteiger partial charge in [-0.1, -0.05) is 24.8 Å². The highest BCUT2D eigenvalue weighted by molar-refractivity contribution is 7.96. The zero-order valence-electron chi connectivity index (χ0n) is 6.52. The largest absolute Gasteiger partial charge is 0.334 e. The smallest absolute Gasteiger partial charge is 0.305 e. The molecule has 1 heterocycles. The number of rotatable bonds is 0. The maximum atomic E-state index is 11.2. The fourth-order valence-electron chi connectivity index (χ4n) is 1.24. The zero-order valence-corrected chi connectivity index (χ0v) is 7.41. The molecule has 13 heavy (non-hydrogen) atoms. The van der Waals surface area contributed by atoms with Gasteiger partial charge in [0.05, 0.1) is 11.0 Å².